The van der Waals surface area contributed by atoms with Gasteiger partial charge in [-0.05, 0) is 38.1 Å². The summed E-state index contributed by atoms with van der Waals surface area (Å²) in [6.07, 6.45) is 0.673. The minimum Gasteiger partial charge on any atom is -0.391 e. The number of hydrogen-bond acceptors (Lipinski definition) is 3. The topological polar surface area (TPSA) is 35.5 Å². The normalized spacial score (nSPS) is 21.9. The molecule has 0 radical (unpaired) electrons. The zero-order valence-electron chi connectivity index (χ0n) is 10.3. The molecule has 0 saturated carbocycles. The molecule has 0 aromatic heterocycles. The first-order valence-electron chi connectivity index (χ1n) is 6.01. The second kappa shape index (κ2) is 5.38. The largest absolute Gasteiger partial charge is 0.391 e. The molecule has 4 heteroatoms. The van der Waals surface area contributed by atoms with Crippen LogP contribution in [0.3, 0.4) is 0 Å². The van der Waals surface area contributed by atoms with E-state index in [1.165, 1.54) is 11.3 Å². The van der Waals surface area contributed by atoms with Gasteiger partial charge in [0.15, 0.2) is 0 Å². The third-order valence-electron chi connectivity index (χ3n) is 3.40. The lowest BCUT2D eigenvalue weighted by Gasteiger charge is -2.24. The van der Waals surface area contributed by atoms with Gasteiger partial charge >= 0.3 is 0 Å². The standard InChI is InChI=1S/C13H19BrN2O/c1-9(15-2)12-4-3-10(14)7-13(12)16-6-5-11(17)8-16/h3-4,7,9,11,15,17H,5-6,8H2,1-2H3. The zero-order chi connectivity index (χ0) is 12.4. The van der Waals surface area contributed by atoms with Crippen molar-refractivity contribution >= 4 is 21.6 Å². The molecule has 2 N–H and O–H groups in total. The molecule has 2 rings (SSSR count). The molecule has 0 bridgehead atoms. The molecule has 0 amide bonds. The van der Waals surface area contributed by atoms with E-state index in [4.69, 9.17) is 0 Å². The van der Waals surface area contributed by atoms with Crippen molar-refractivity contribution in [2.24, 2.45) is 0 Å². The first kappa shape index (κ1) is 12.9. The third-order valence-corrected chi connectivity index (χ3v) is 3.89. The van der Waals surface area contributed by atoms with Gasteiger partial charge in [-0.15, -0.1) is 0 Å². The molecule has 2 atom stereocenters. The Hall–Kier alpha value is -0.580. The summed E-state index contributed by atoms with van der Waals surface area (Å²) in [5.74, 6) is 0. The van der Waals surface area contributed by atoms with E-state index < -0.39 is 0 Å². The van der Waals surface area contributed by atoms with E-state index in [2.05, 4.69) is 51.3 Å². The van der Waals surface area contributed by atoms with Crippen LogP contribution in [0, 0.1) is 0 Å². The number of aliphatic hydroxyl groups is 1. The van der Waals surface area contributed by atoms with E-state index >= 15 is 0 Å². The zero-order valence-corrected chi connectivity index (χ0v) is 11.9. The van der Waals surface area contributed by atoms with Crippen LogP contribution in [0.25, 0.3) is 0 Å². The van der Waals surface area contributed by atoms with E-state index in [9.17, 15) is 5.11 Å². The second-order valence-corrected chi connectivity index (χ2v) is 5.52. The van der Waals surface area contributed by atoms with Crippen LogP contribution in [-0.4, -0.2) is 31.3 Å². The van der Waals surface area contributed by atoms with Gasteiger partial charge in [-0.2, -0.15) is 0 Å². The number of nitrogens with one attached hydrogen (secondary N) is 1. The summed E-state index contributed by atoms with van der Waals surface area (Å²) in [4.78, 5) is 2.26. The molecular weight excluding hydrogens is 280 g/mol. The number of rotatable bonds is 3. The van der Waals surface area contributed by atoms with Crippen molar-refractivity contribution in [1.29, 1.82) is 0 Å². The highest BCUT2D eigenvalue weighted by atomic mass is 79.9. The SMILES string of the molecule is CNC(C)c1ccc(Br)cc1N1CCC(O)C1. The fourth-order valence-electron chi connectivity index (χ4n) is 2.27. The molecule has 17 heavy (non-hydrogen) atoms. The van der Waals surface area contributed by atoms with Crippen LogP contribution in [0.5, 0.6) is 0 Å². The Morgan fingerprint density at radius 2 is 2.29 bits per heavy atom. The van der Waals surface area contributed by atoms with Gasteiger partial charge in [-0.3, -0.25) is 0 Å². The molecule has 1 aliphatic rings. The highest BCUT2D eigenvalue weighted by molar-refractivity contribution is 9.10. The van der Waals surface area contributed by atoms with Crippen molar-refractivity contribution in [3.05, 3.63) is 28.2 Å². The summed E-state index contributed by atoms with van der Waals surface area (Å²) < 4.78 is 1.08. The van der Waals surface area contributed by atoms with Crippen LogP contribution in [-0.2, 0) is 0 Å². The molecule has 1 fully saturated rings. The molecule has 1 aromatic carbocycles. The first-order chi connectivity index (χ1) is 8.11. The maximum atomic E-state index is 9.65. The van der Waals surface area contributed by atoms with E-state index in [0.29, 0.717) is 6.04 Å². The van der Waals surface area contributed by atoms with Crippen LogP contribution < -0.4 is 10.2 Å². The Morgan fingerprint density at radius 1 is 1.53 bits per heavy atom. The fourth-order valence-corrected chi connectivity index (χ4v) is 2.62. The average Bonchev–Trinajstić information content (AvgIpc) is 2.75. The Bertz CT molecular complexity index is 397. The van der Waals surface area contributed by atoms with Crippen LogP contribution in [0.2, 0.25) is 0 Å². The fraction of sp³-hybridized carbons (Fsp3) is 0.538. The number of hydrogen-bond donors (Lipinski definition) is 2. The van der Waals surface area contributed by atoms with E-state index in [0.717, 1.165) is 24.0 Å². The summed E-state index contributed by atoms with van der Waals surface area (Å²) in [7, 11) is 1.97. The van der Waals surface area contributed by atoms with Crippen molar-refractivity contribution in [2.75, 3.05) is 25.0 Å². The van der Waals surface area contributed by atoms with Crippen LogP contribution in [0.15, 0.2) is 22.7 Å². The number of aliphatic hydroxyl groups excluding tert-OH is 1. The van der Waals surface area contributed by atoms with Crippen LogP contribution >= 0.6 is 15.9 Å². The van der Waals surface area contributed by atoms with Crippen LogP contribution in [0.4, 0.5) is 5.69 Å². The Morgan fingerprint density at radius 3 is 2.88 bits per heavy atom. The summed E-state index contributed by atoms with van der Waals surface area (Å²) in [5, 5.41) is 12.9. The number of nitrogens with zero attached hydrogens (tertiary/aromatic N) is 1. The van der Waals surface area contributed by atoms with Crippen LogP contribution in [0.1, 0.15) is 24.9 Å². The van der Waals surface area contributed by atoms with Crippen molar-refractivity contribution in [2.45, 2.75) is 25.5 Å². The highest BCUT2D eigenvalue weighted by Crippen LogP contribution is 2.31. The summed E-state index contributed by atoms with van der Waals surface area (Å²) in [6, 6.07) is 6.67. The van der Waals surface area contributed by atoms with Gasteiger partial charge in [0.1, 0.15) is 0 Å². The van der Waals surface area contributed by atoms with Crippen molar-refractivity contribution < 1.29 is 5.11 Å². The number of anilines is 1. The van der Waals surface area contributed by atoms with Gasteiger partial charge in [0.25, 0.3) is 0 Å². The molecule has 1 heterocycles. The molecular formula is C13H19BrN2O. The van der Waals surface area contributed by atoms with Gasteiger partial charge in [0.05, 0.1) is 6.10 Å². The average molecular weight is 299 g/mol. The molecule has 1 aromatic rings. The third kappa shape index (κ3) is 2.81. The highest BCUT2D eigenvalue weighted by Gasteiger charge is 2.23. The molecule has 0 spiro atoms. The maximum Gasteiger partial charge on any atom is 0.0731 e. The van der Waals surface area contributed by atoms with Gasteiger partial charge < -0.3 is 15.3 Å². The van der Waals surface area contributed by atoms with Gasteiger partial charge in [0, 0.05) is 29.3 Å². The van der Waals surface area contributed by atoms with Crippen molar-refractivity contribution in [3.8, 4) is 0 Å². The van der Waals surface area contributed by atoms with E-state index in [1.807, 2.05) is 7.05 Å². The van der Waals surface area contributed by atoms with E-state index in [-0.39, 0.29) is 6.10 Å². The Labute approximate surface area is 111 Å². The lowest BCUT2D eigenvalue weighted by Crippen LogP contribution is -2.24. The lowest BCUT2D eigenvalue weighted by atomic mass is 10.1. The van der Waals surface area contributed by atoms with Gasteiger partial charge in [-0.1, -0.05) is 22.0 Å². The molecule has 2 unspecified atom stereocenters. The predicted molar refractivity (Wildman–Crippen MR) is 74.5 cm³/mol. The second-order valence-electron chi connectivity index (χ2n) is 4.60. The predicted octanol–water partition coefficient (Wildman–Crippen LogP) is 2.30. The Kier molecular flexibility index (Phi) is 4.07. The van der Waals surface area contributed by atoms with E-state index in [1.54, 1.807) is 0 Å². The number of β-amino-alcohol motifs (C(OH)–C–C–N with tert-alkyl or cyclic N) is 1. The minimum atomic E-state index is -0.188. The number of benzene rings is 1. The molecule has 1 aliphatic heterocycles. The summed E-state index contributed by atoms with van der Waals surface area (Å²) in [5.41, 5.74) is 2.50. The first-order valence-corrected chi connectivity index (χ1v) is 6.81. The smallest absolute Gasteiger partial charge is 0.0731 e. The Balaban J connectivity index is 2.33. The summed E-state index contributed by atoms with van der Waals surface area (Å²) in [6.45, 7) is 3.82. The summed E-state index contributed by atoms with van der Waals surface area (Å²) >= 11 is 3.52. The monoisotopic (exact) mass is 298 g/mol. The molecule has 1 saturated heterocycles. The van der Waals surface area contributed by atoms with Gasteiger partial charge in [-0.25, -0.2) is 0 Å². The molecule has 94 valence electrons. The van der Waals surface area contributed by atoms with Gasteiger partial charge in [0.2, 0.25) is 0 Å². The lowest BCUT2D eigenvalue weighted by molar-refractivity contribution is 0.198. The van der Waals surface area contributed by atoms with Crippen molar-refractivity contribution in [1.82, 2.24) is 5.32 Å². The molecule has 3 nitrogen and oxygen atoms in total. The molecule has 0 aliphatic carbocycles. The minimum absolute atomic E-state index is 0.188. The quantitative estimate of drug-likeness (QED) is 0.899. The maximum absolute atomic E-state index is 9.65. The van der Waals surface area contributed by atoms with Crippen molar-refractivity contribution in [3.63, 3.8) is 0 Å². The number of halogens is 1.